The number of hydrogen-bond donors (Lipinski definition) is 1. The lowest BCUT2D eigenvalue weighted by Gasteiger charge is -2.39. The van der Waals surface area contributed by atoms with Gasteiger partial charge in [0, 0.05) is 52.5 Å². The van der Waals surface area contributed by atoms with E-state index in [-0.39, 0.29) is 18.4 Å². The topological polar surface area (TPSA) is 94.7 Å². The number of alkyl halides is 3. The zero-order chi connectivity index (χ0) is 26.7. The summed E-state index contributed by atoms with van der Waals surface area (Å²) in [6.45, 7) is 0.662. The molecule has 3 heterocycles. The number of carbonyl (C=O) groups is 1. The number of amides is 1. The molecule has 13 heteroatoms. The molecule has 37 heavy (non-hydrogen) atoms. The van der Waals surface area contributed by atoms with Crippen LogP contribution in [0.3, 0.4) is 0 Å². The molecule has 5 rings (SSSR count). The van der Waals surface area contributed by atoms with Crippen LogP contribution in [0.5, 0.6) is 0 Å². The number of anilines is 2. The minimum absolute atomic E-state index is 0.0487. The molecule has 2 aliphatic rings. The number of nitrogens with one attached hydrogen (secondary N) is 1. The average molecular weight is 555 g/mol. The van der Waals surface area contributed by atoms with Gasteiger partial charge in [-0.25, -0.2) is 13.7 Å². The number of hydrogen-bond acceptors (Lipinski definition) is 6. The number of fused-ring (bicyclic) bond motifs is 3. The zero-order valence-electron chi connectivity index (χ0n) is 20.2. The Morgan fingerprint density at radius 3 is 2.57 bits per heavy atom. The highest BCUT2D eigenvalue weighted by atomic mass is 35.5. The SMILES string of the molecule is CN(C(=O)C1CC([S@@](C)(=N)=O)C1)[C@@H](c1ccc(N2CCCc3c2cnc2cc(Cl)nn32)cc1)C(F)(F)F. The first kappa shape index (κ1) is 25.8. The van der Waals surface area contributed by atoms with Crippen LogP contribution in [0.1, 0.15) is 36.6 Å². The van der Waals surface area contributed by atoms with Crippen molar-refractivity contribution in [3.63, 3.8) is 0 Å². The van der Waals surface area contributed by atoms with Gasteiger partial charge in [0.2, 0.25) is 5.91 Å². The molecule has 3 aromatic rings. The van der Waals surface area contributed by atoms with Gasteiger partial charge >= 0.3 is 6.18 Å². The molecule has 1 aliphatic heterocycles. The Kier molecular flexibility index (Phi) is 6.38. The van der Waals surface area contributed by atoms with Crippen LogP contribution in [-0.2, 0) is 20.9 Å². The molecule has 1 aromatic carbocycles. The van der Waals surface area contributed by atoms with Gasteiger partial charge in [-0.05, 0) is 43.4 Å². The summed E-state index contributed by atoms with van der Waals surface area (Å²) in [7, 11) is -1.67. The maximum atomic E-state index is 14.2. The lowest BCUT2D eigenvalue weighted by molar-refractivity contribution is -0.191. The van der Waals surface area contributed by atoms with Crippen molar-refractivity contribution in [1.29, 1.82) is 4.78 Å². The molecule has 198 valence electrons. The Bertz CT molecular complexity index is 1450. The van der Waals surface area contributed by atoms with Crippen molar-refractivity contribution >= 4 is 44.3 Å². The number of aromatic nitrogens is 3. The third-order valence-electron chi connectivity index (χ3n) is 7.26. The number of nitrogens with zero attached hydrogens (tertiary/aromatic N) is 5. The molecule has 0 bridgehead atoms. The molecule has 8 nitrogen and oxygen atoms in total. The number of halogens is 4. The summed E-state index contributed by atoms with van der Waals surface area (Å²) >= 11 is 6.04. The van der Waals surface area contributed by atoms with Gasteiger partial charge in [-0.1, -0.05) is 23.7 Å². The molecular weight excluding hydrogens is 529 g/mol. The minimum Gasteiger partial charge on any atom is -0.339 e. The van der Waals surface area contributed by atoms with Crippen molar-refractivity contribution in [3.8, 4) is 0 Å². The highest BCUT2D eigenvalue weighted by Crippen LogP contribution is 2.42. The summed E-state index contributed by atoms with van der Waals surface area (Å²) in [5.41, 5.74) is 3.02. The highest BCUT2D eigenvalue weighted by Gasteiger charge is 2.48. The first-order valence-corrected chi connectivity index (χ1v) is 14.2. The maximum Gasteiger partial charge on any atom is 0.413 e. The summed E-state index contributed by atoms with van der Waals surface area (Å²) in [6.07, 6.45) is 0.252. The van der Waals surface area contributed by atoms with E-state index in [0.717, 1.165) is 36.2 Å². The van der Waals surface area contributed by atoms with Crippen molar-refractivity contribution in [2.75, 3.05) is 24.7 Å². The fraction of sp³-hybridized carbons (Fsp3) is 0.458. The quantitative estimate of drug-likeness (QED) is 0.480. The second kappa shape index (κ2) is 9.16. The lowest BCUT2D eigenvalue weighted by atomic mass is 9.83. The molecular formula is C24H26ClF3N6O2S. The molecule has 1 aliphatic carbocycles. The molecule has 0 spiro atoms. The number of aryl methyl sites for hydroxylation is 1. The van der Waals surface area contributed by atoms with Crippen LogP contribution >= 0.6 is 11.6 Å². The van der Waals surface area contributed by atoms with Gasteiger partial charge in [0.25, 0.3) is 0 Å². The Balaban J connectivity index is 1.40. The molecule has 0 radical (unpaired) electrons. The van der Waals surface area contributed by atoms with Gasteiger partial charge in [0.1, 0.15) is 0 Å². The molecule has 1 N–H and O–H groups in total. The van der Waals surface area contributed by atoms with Gasteiger partial charge in [0.15, 0.2) is 16.8 Å². The van der Waals surface area contributed by atoms with E-state index in [4.69, 9.17) is 16.4 Å². The zero-order valence-corrected chi connectivity index (χ0v) is 21.8. The smallest absolute Gasteiger partial charge is 0.339 e. The van der Waals surface area contributed by atoms with Crippen LogP contribution in [0.25, 0.3) is 5.65 Å². The first-order chi connectivity index (χ1) is 17.3. The lowest BCUT2D eigenvalue weighted by Crippen LogP contribution is -2.48. The molecule has 0 unspecified atom stereocenters. The summed E-state index contributed by atoms with van der Waals surface area (Å²) in [5, 5.41) is 4.18. The number of benzene rings is 1. The molecule has 2 aromatic heterocycles. The largest absolute Gasteiger partial charge is 0.413 e. The van der Waals surface area contributed by atoms with Crippen molar-refractivity contribution in [1.82, 2.24) is 19.5 Å². The van der Waals surface area contributed by atoms with E-state index < -0.39 is 39.0 Å². The van der Waals surface area contributed by atoms with Gasteiger partial charge in [-0.3, -0.25) is 9.57 Å². The highest BCUT2D eigenvalue weighted by molar-refractivity contribution is 7.92. The van der Waals surface area contributed by atoms with Crippen LogP contribution < -0.4 is 4.90 Å². The van der Waals surface area contributed by atoms with Crippen molar-refractivity contribution in [3.05, 3.63) is 52.9 Å². The van der Waals surface area contributed by atoms with Gasteiger partial charge in [0.05, 0.1) is 17.6 Å². The molecule has 1 saturated carbocycles. The van der Waals surface area contributed by atoms with E-state index in [9.17, 15) is 22.2 Å². The van der Waals surface area contributed by atoms with E-state index in [1.165, 1.54) is 18.4 Å². The maximum absolute atomic E-state index is 14.2. The molecule has 0 saturated heterocycles. The minimum atomic E-state index is -4.69. The fourth-order valence-corrected chi connectivity index (χ4v) is 6.59. The van der Waals surface area contributed by atoms with Gasteiger partial charge in [-0.15, -0.1) is 0 Å². The van der Waals surface area contributed by atoms with Crippen molar-refractivity contribution in [2.45, 2.75) is 43.2 Å². The van der Waals surface area contributed by atoms with Crippen LogP contribution in [0.2, 0.25) is 5.15 Å². The fourth-order valence-electron chi connectivity index (χ4n) is 5.22. The Hall–Kier alpha value is -2.86. The Labute approximate surface area is 217 Å². The van der Waals surface area contributed by atoms with Gasteiger partial charge < -0.3 is 9.80 Å². The normalized spacial score (nSPS) is 22.2. The standard InChI is InChI=1S/C24H26ClF3N6O2S/c1-32(23(35)15-10-17(11-15)37(2,29)36)22(24(26,27)28)14-5-7-16(8-6-14)33-9-3-4-18-19(33)13-30-21-12-20(25)31-34(18)21/h5-8,12-13,15,17,22,29H,3-4,9-11H2,1-2H3/t15?,17?,22-,37-/m0/s1. The summed E-state index contributed by atoms with van der Waals surface area (Å²) in [6, 6.07) is 5.59. The Morgan fingerprint density at radius 1 is 1.27 bits per heavy atom. The van der Waals surface area contributed by atoms with Crippen molar-refractivity contribution in [2.24, 2.45) is 5.92 Å². The molecule has 1 fully saturated rings. The summed E-state index contributed by atoms with van der Waals surface area (Å²) in [5.74, 6) is -1.31. The average Bonchev–Trinajstić information content (AvgIpc) is 3.17. The third-order valence-corrected chi connectivity index (χ3v) is 9.10. The second-order valence-electron chi connectivity index (χ2n) is 9.76. The summed E-state index contributed by atoms with van der Waals surface area (Å²) in [4.78, 5) is 20.0. The predicted molar refractivity (Wildman–Crippen MR) is 135 cm³/mol. The molecule has 1 amide bonds. The monoisotopic (exact) mass is 554 g/mol. The predicted octanol–water partition coefficient (Wildman–Crippen LogP) is 4.98. The second-order valence-corrected chi connectivity index (χ2v) is 12.6. The third kappa shape index (κ3) is 4.76. The van der Waals surface area contributed by atoms with E-state index in [1.807, 2.05) is 4.90 Å². The van der Waals surface area contributed by atoms with Crippen LogP contribution in [0, 0.1) is 10.7 Å². The van der Waals surface area contributed by atoms with Crippen molar-refractivity contribution < 1.29 is 22.2 Å². The first-order valence-electron chi connectivity index (χ1n) is 11.8. The number of carbonyl (C=O) groups excluding carboxylic acids is 1. The van der Waals surface area contributed by atoms with E-state index in [0.29, 0.717) is 23.0 Å². The van der Waals surface area contributed by atoms with E-state index >= 15 is 0 Å². The van der Waals surface area contributed by atoms with Gasteiger partial charge in [-0.2, -0.15) is 18.3 Å². The Morgan fingerprint density at radius 2 is 1.95 bits per heavy atom. The van der Waals surface area contributed by atoms with E-state index in [1.54, 1.807) is 28.9 Å². The summed E-state index contributed by atoms with van der Waals surface area (Å²) < 4.78 is 63.7. The van der Waals surface area contributed by atoms with Crippen LogP contribution in [-0.4, -0.2) is 60.9 Å². The van der Waals surface area contributed by atoms with E-state index in [2.05, 4.69) is 10.1 Å². The van der Waals surface area contributed by atoms with Crippen LogP contribution in [0.4, 0.5) is 24.5 Å². The number of rotatable bonds is 5. The van der Waals surface area contributed by atoms with Crippen LogP contribution in [0.15, 0.2) is 36.5 Å². The molecule has 2 atom stereocenters.